The third-order valence-electron chi connectivity index (χ3n) is 1.26. The van der Waals surface area contributed by atoms with Crippen LogP contribution in [0.4, 0.5) is 0 Å². The van der Waals surface area contributed by atoms with Crippen molar-refractivity contribution in [2.45, 2.75) is 26.2 Å². The van der Waals surface area contributed by atoms with Gasteiger partial charge >= 0.3 is 0 Å². The molecule has 1 atom stereocenters. The van der Waals surface area contributed by atoms with Crippen LogP contribution in [-0.2, 0) is 0 Å². The molecular formula is C7H18NP. The van der Waals surface area contributed by atoms with Gasteiger partial charge in [-0.2, -0.15) is 0 Å². The van der Waals surface area contributed by atoms with E-state index in [9.17, 15) is 0 Å². The lowest BCUT2D eigenvalue weighted by atomic mass is 10.3. The summed E-state index contributed by atoms with van der Waals surface area (Å²) in [6, 6.07) is 0. The van der Waals surface area contributed by atoms with E-state index in [0.29, 0.717) is 0 Å². The first-order chi connectivity index (χ1) is 4.41. The van der Waals surface area contributed by atoms with E-state index in [1.165, 1.54) is 38.5 Å². The predicted molar refractivity (Wildman–Crippen MR) is 47.0 cm³/mol. The maximum absolute atomic E-state index is 3.37. The van der Waals surface area contributed by atoms with Gasteiger partial charge in [-0.1, -0.05) is 13.3 Å². The van der Waals surface area contributed by atoms with Gasteiger partial charge in [0, 0.05) is 0 Å². The number of hydrogen-bond acceptors (Lipinski definition) is 1. The van der Waals surface area contributed by atoms with Crippen LogP contribution < -0.4 is 5.32 Å². The molecule has 0 aromatic rings. The van der Waals surface area contributed by atoms with Crippen LogP contribution in [0.1, 0.15) is 26.2 Å². The Morgan fingerprint density at radius 1 is 1.22 bits per heavy atom. The number of nitrogens with one attached hydrogen (secondary N) is 1. The third kappa shape index (κ3) is 8.39. The van der Waals surface area contributed by atoms with Crippen LogP contribution in [0.3, 0.4) is 0 Å². The molecule has 0 spiro atoms. The van der Waals surface area contributed by atoms with E-state index >= 15 is 0 Å². The molecule has 0 aliphatic heterocycles. The zero-order valence-electron chi connectivity index (χ0n) is 6.32. The molecule has 0 aromatic heterocycles. The zero-order valence-corrected chi connectivity index (χ0v) is 7.47. The second-order valence-electron chi connectivity index (χ2n) is 2.25. The summed E-state index contributed by atoms with van der Waals surface area (Å²) in [5.41, 5.74) is 0. The van der Waals surface area contributed by atoms with Gasteiger partial charge in [0.25, 0.3) is 0 Å². The van der Waals surface area contributed by atoms with Crippen molar-refractivity contribution in [3.8, 4) is 0 Å². The average Bonchev–Trinajstić information content (AvgIpc) is 1.89. The minimum absolute atomic E-state index is 1.18. The summed E-state index contributed by atoms with van der Waals surface area (Å²) in [7, 11) is 2.74. The van der Waals surface area contributed by atoms with E-state index in [0.717, 1.165) is 0 Å². The molecule has 0 aliphatic carbocycles. The molecule has 1 N–H and O–H groups in total. The molecule has 0 heterocycles. The average molecular weight is 147 g/mol. The third-order valence-corrected chi connectivity index (χ3v) is 1.67. The molecular weight excluding hydrogens is 129 g/mol. The fourth-order valence-corrected chi connectivity index (χ4v) is 0.858. The molecule has 2 heteroatoms. The summed E-state index contributed by atoms with van der Waals surface area (Å²) in [5.74, 6) is 0. The number of rotatable bonds is 6. The summed E-state index contributed by atoms with van der Waals surface area (Å²) in [6.45, 7) is 4.60. The summed E-state index contributed by atoms with van der Waals surface area (Å²) in [4.78, 5) is 0. The molecule has 0 saturated heterocycles. The Morgan fingerprint density at radius 3 is 2.44 bits per heavy atom. The molecule has 56 valence electrons. The van der Waals surface area contributed by atoms with Crippen molar-refractivity contribution in [2.24, 2.45) is 0 Å². The molecule has 0 bridgehead atoms. The first kappa shape index (κ1) is 9.39. The molecule has 9 heavy (non-hydrogen) atoms. The van der Waals surface area contributed by atoms with Gasteiger partial charge in [-0.15, -0.1) is 9.24 Å². The number of hydrogen-bond donors (Lipinski definition) is 1. The lowest BCUT2D eigenvalue weighted by molar-refractivity contribution is 0.635. The zero-order chi connectivity index (χ0) is 6.95. The molecule has 1 unspecified atom stereocenters. The minimum Gasteiger partial charge on any atom is -0.317 e. The van der Waals surface area contributed by atoms with E-state index in [-0.39, 0.29) is 0 Å². The van der Waals surface area contributed by atoms with Crippen LogP contribution >= 0.6 is 9.24 Å². The normalized spacial score (nSPS) is 10.0. The van der Waals surface area contributed by atoms with Crippen LogP contribution in [0.5, 0.6) is 0 Å². The Balaban J connectivity index is 2.60. The van der Waals surface area contributed by atoms with Gasteiger partial charge < -0.3 is 5.32 Å². The highest BCUT2D eigenvalue weighted by Gasteiger charge is 1.83. The monoisotopic (exact) mass is 147 g/mol. The van der Waals surface area contributed by atoms with Crippen LogP contribution in [0, 0.1) is 0 Å². The van der Waals surface area contributed by atoms with Crippen LogP contribution in [0.25, 0.3) is 0 Å². The van der Waals surface area contributed by atoms with Gasteiger partial charge in [0.05, 0.1) is 0 Å². The molecule has 0 aromatic carbocycles. The van der Waals surface area contributed by atoms with Gasteiger partial charge in [0.1, 0.15) is 0 Å². The Labute approximate surface area is 60.8 Å². The van der Waals surface area contributed by atoms with E-state index in [1.54, 1.807) is 0 Å². The SMILES string of the molecule is CCCCNCCCP. The molecule has 0 amide bonds. The van der Waals surface area contributed by atoms with Gasteiger partial charge in [0.2, 0.25) is 0 Å². The van der Waals surface area contributed by atoms with E-state index in [2.05, 4.69) is 21.5 Å². The quantitative estimate of drug-likeness (QED) is 0.445. The van der Waals surface area contributed by atoms with Crippen LogP contribution in [0.15, 0.2) is 0 Å². The van der Waals surface area contributed by atoms with Gasteiger partial charge in [0.15, 0.2) is 0 Å². The second kappa shape index (κ2) is 8.39. The highest BCUT2D eigenvalue weighted by atomic mass is 31.0. The molecule has 0 aliphatic rings. The van der Waals surface area contributed by atoms with E-state index < -0.39 is 0 Å². The predicted octanol–water partition coefficient (Wildman–Crippen LogP) is 1.64. The van der Waals surface area contributed by atoms with Crippen molar-refractivity contribution >= 4 is 9.24 Å². The Hall–Kier alpha value is 0.390. The molecule has 0 fully saturated rings. The molecule has 0 saturated carbocycles. The van der Waals surface area contributed by atoms with Crippen molar-refractivity contribution < 1.29 is 0 Å². The Kier molecular flexibility index (Phi) is 8.75. The Morgan fingerprint density at radius 2 is 1.89 bits per heavy atom. The summed E-state index contributed by atoms with van der Waals surface area (Å²) in [6.07, 6.45) is 5.12. The molecule has 0 radical (unpaired) electrons. The lowest BCUT2D eigenvalue weighted by Gasteiger charge is -1.99. The standard InChI is InChI=1S/C7H18NP/c1-2-3-5-8-6-4-7-9/h8H,2-7,9H2,1H3. The van der Waals surface area contributed by atoms with E-state index in [4.69, 9.17) is 0 Å². The van der Waals surface area contributed by atoms with Crippen molar-refractivity contribution in [1.29, 1.82) is 0 Å². The molecule has 1 nitrogen and oxygen atoms in total. The largest absolute Gasteiger partial charge is 0.317 e. The second-order valence-corrected chi connectivity index (χ2v) is 2.82. The van der Waals surface area contributed by atoms with E-state index in [1.807, 2.05) is 0 Å². The highest BCUT2D eigenvalue weighted by molar-refractivity contribution is 7.16. The van der Waals surface area contributed by atoms with Crippen molar-refractivity contribution in [1.82, 2.24) is 5.32 Å². The smallest absolute Gasteiger partial charge is 0.00457 e. The lowest BCUT2D eigenvalue weighted by Crippen LogP contribution is -2.16. The van der Waals surface area contributed by atoms with Crippen molar-refractivity contribution in [3.63, 3.8) is 0 Å². The van der Waals surface area contributed by atoms with Gasteiger partial charge in [-0.05, 0) is 32.1 Å². The van der Waals surface area contributed by atoms with Crippen LogP contribution in [-0.4, -0.2) is 19.3 Å². The first-order valence-corrected chi connectivity index (χ1v) is 4.64. The summed E-state index contributed by atoms with van der Waals surface area (Å²) in [5, 5.41) is 3.37. The summed E-state index contributed by atoms with van der Waals surface area (Å²) < 4.78 is 0. The van der Waals surface area contributed by atoms with Gasteiger partial charge in [-0.25, -0.2) is 0 Å². The van der Waals surface area contributed by atoms with Crippen molar-refractivity contribution in [3.05, 3.63) is 0 Å². The van der Waals surface area contributed by atoms with Crippen molar-refractivity contribution in [2.75, 3.05) is 19.3 Å². The maximum Gasteiger partial charge on any atom is -0.00457 e. The maximum atomic E-state index is 3.37. The highest BCUT2D eigenvalue weighted by Crippen LogP contribution is 1.86. The fraction of sp³-hybridized carbons (Fsp3) is 1.00. The topological polar surface area (TPSA) is 12.0 Å². The minimum atomic E-state index is 1.18. The van der Waals surface area contributed by atoms with Gasteiger partial charge in [-0.3, -0.25) is 0 Å². The first-order valence-electron chi connectivity index (χ1n) is 3.82. The molecule has 0 rings (SSSR count). The van der Waals surface area contributed by atoms with Crippen LogP contribution in [0.2, 0.25) is 0 Å². The fourth-order valence-electron chi connectivity index (χ4n) is 0.654. The Bertz CT molecular complexity index is 42.2. The number of unbranched alkanes of at least 4 members (excludes halogenated alkanes) is 1. The summed E-state index contributed by atoms with van der Waals surface area (Å²) >= 11 is 0.